The minimum absolute atomic E-state index is 0.345. The van der Waals surface area contributed by atoms with Crippen LogP contribution in [0.25, 0.3) is 0 Å². The third kappa shape index (κ3) is 5.47. The van der Waals surface area contributed by atoms with E-state index < -0.39 is 16.1 Å². The summed E-state index contributed by atoms with van der Waals surface area (Å²) in [6.07, 6.45) is 1.07. The lowest BCUT2D eigenvalue weighted by molar-refractivity contribution is -0.121. The number of carbonyl (C=O) groups is 1. The summed E-state index contributed by atoms with van der Waals surface area (Å²) in [5.74, 6) is -0.345. The summed E-state index contributed by atoms with van der Waals surface area (Å²) in [4.78, 5) is 14.1. The lowest BCUT2D eigenvalue weighted by Gasteiger charge is -2.28. The van der Waals surface area contributed by atoms with Gasteiger partial charge in [-0.15, -0.1) is 0 Å². The number of hydrogen-bond acceptors (Lipinski definition) is 4. The van der Waals surface area contributed by atoms with Crippen molar-refractivity contribution in [2.75, 3.05) is 37.7 Å². The fourth-order valence-corrected chi connectivity index (χ4v) is 3.25. The van der Waals surface area contributed by atoms with Gasteiger partial charge in [0.25, 0.3) is 0 Å². The van der Waals surface area contributed by atoms with Gasteiger partial charge in [0.2, 0.25) is 15.9 Å². The van der Waals surface area contributed by atoms with Crippen LogP contribution in [0.1, 0.15) is 6.92 Å². The van der Waals surface area contributed by atoms with Gasteiger partial charge in [0.1, 0.15) is 6.04 Å². The molecule has 1 amide bonds. The average Bonchev–Trinajstić information content (AvgIpc) is 2.39. The Hall–Kier alpha value is -1.31. The molecule has 1 aromatic carbocycles. The molecule has 0 aliphatic rings. The van der Waals surface area contributed by atoms with Gasteiger partial charge in [-0.1, -0.05) is 11.6 Å². The second-order valence-corrected chi connectivity index (χ2v) is 7.60. The van der Waals surface area contributed by atoms with Gasteiger partial charge in [0.15, 0.2) is 0 Å². The summed E-state index contributed by atoms with van der Waals surface area (Å²) >= 11 is 5.82. The number of amides is 1. The number of carbonyl (C=O) groups excluding carboxylic acids is 1. The molecule has 22 heavy (non-hydrogen) atoms. The van der Waals surface area contributed by atoms with Crippen LogP contribution in [0.5, 0.6) is 0 Å². The minimum Gasteiger partial charge on any atom is -0.353 e. The molecular weight excluding hydrogens is 326 g/mol. The van der Waals surface area contributed by atoms with Gasteiger partial charge in [-0.3, -0.25) is 9.10 Å². The van der Waals surface area contributed by atoms with Crippen molar-refractivity contribution in [1.82, 2.24) is 10.2 Å². The van der Waals surface area contributed by atoms with E-state index in [2.05, 4.69) is 5.32 Å². The quantitative estimate of drug-likeness (QED) is 0.804. The van der Waals surface area contributed by atoms with E-state index in [-0.39, 0.29) is 5.91 Å². The zero-order valence-electron chi connectivity index (χ0n) is 13.2. The summed E-state index contributed by atoms with van der Waals surface area (Å²) < 4.78 is 25.2. The predicted molar refractivity (Wildman–Crippen MR) is 89.8 cm³/mol. The SMILES string of the molecule is CC(C(=O)NCCN(C)C)N(c1ccc(Cl)cc1)S(C)(=O)=O. The summed E-state index contributed by atoms with van der Waals surface area (Å²) in [5, 5.41) is 3.23. The molecule has 0 heterocycles. The van der Waals surface area contributed by atoms with E-state index in [4.69, 9.17) is 11.6 Å². The van der Waals surface area contributed by atoms with Crippen LogP contribution in [0.3, 0.4) is 0 Å². The highest BCUT2D eigenvalue weighted by molar-refractivity contribution is 7.92. The normalized spacial score (nSPS) is 13.0. The van der Waals surface area contributed by atoms with Crippen molar-refractivity contribution in [3.63, 3.8) is 0 Å². The van der Waals surface area contributed by atoms with E-state index in [0.29, 0.717) is 23.8 Å². The number of benzene rings is 1. The highest BCUT2D eigenvalue weighted by Gasteiger charge is 2.28. The molecule has 0 saturated heterocycles. The van der Waals surface area contributed by atoms with E-state index in [0.717, 1.165) is 10.6 Å². The van der Waals surface area contributed by atoms with Gasteiger partial charge in [-0.05, 0) is 45.3 Å². The second kappa shape index (κ2) is 7.80. The van der Waals surface area contributed by atoms with E-state index in [9.17, 15) is 13.2 Å². The maximum absolute atomic E-state index is 12.2. The van der Waals surface area contributed by atoms with Crippen LogP contribution in [-0.4, -0.2) is 58.7 Å². The zero-order valence-corrected chi connectivity index (χ0v) is 14.8. The molecule has 1 atom stereocenters. The smallest absolute Gasteiger partial charge is 0.243 e. The maximum Gasteiger partial charge on any atom is 0.243 e. The van der Waals surface area contributed by atoms with Crippen molar-refractivity contribution in [2.45, 2.75) is 13.0 Å². The largest absolute Gasteiger partial charge is 0.353 e. The number of likely N-dealkylation sites (N-methyl/N-ethyl adjacent to an activating group) is 1. The summed E-state index contributed by atoms with van der Waals surface area (Å²) in [7, 11) is 0.192. The highest BCUT2D eigenvalue weighted by Crippen LogP contribution is 2.22. The lowest BCUT2D eigenvalue weighted by atomic mass is 10.2. The molecule has 0 aromatic heterocycles. The molecule has 0 saturated carbocycles. The Kier molecular flexibility index (Phi) is 6.65. The molecule has 0 radical (unpaired) electrons. The van der Waals surface area contributed by atoms with Crippen molar-refractivity contribution >= 4 is 33.2 Å². The molecule has 0 spiro atoms. The zero-order chi connectivity index (χ0) is 16.9. The first kappa shape index (κ1) is 18.7. The Bertz CT molecular complexity index is 602. The van der Waals surface area contributed by atoms with Crippen molar-refractivity contribution < 1.29 is 13.2 Å². The molecule has 1 rings (SSSR count). The summed E-state index contributed by atoms with van der Waals surface area (Å²) in [5.41, 5.74) is 0.405. The van der Waals surface area contributed by atoms with Crippen LogP contribution in [0.15, 0.2) is 24.3 Å². The van der Waals surface area contributed by atoms with Crippen LogP contribution in [0.2, 0.25) is 5.02 Å². The van der Waals surface area contributed by atoms with Gasteiger partial charge in [0, 0.05) is 18.1 Å². The fraction of sp³-hybridized carbons (Fsp3) is 0.500. The van der Waals surface area contributed by atoms with E-state index in [1.807, 2.05) is 19.0 Å². The molecule has 1 N–H and O–H groups in total. The maximum atomic E-state index is 12.2. The molecule has 1 aromatic rings. The summed E-state index contributed by atoms with van der Waals surface area (Å²) in [6, 6.07) is 5.48. The molecular formula is C14H22ClN3O3S. The van der Waals surface area contributed by atoms with E-state index >= 15 is 0 Å². The van der Waals surface area contributed by atoms with Gasteiger partial charge in [-0.25, -0.2) is 8.42 Å². The Balaban J connectivity index is 2.93. The molecule has 1 unspecified atom stereocenters. The average molecular weight is 348 g/mol. The van der Waals surface area contributed by atoms with Crippen molar-refractivity contribution in [2.24, 2.45) is 0 Å². The third-order valence-electron chi connectivity index (χ3n) is 3.03. The van der Waals surface area contributed by atoms with Gasteiger partial charge >= 0.3 is 0 Å². The fourth-order valence-electron chi connectivity index (χ4n) is 1.95. The van der Waals surface area contributed by atoms with E-state index in [1.165, 1.54) is 0 Å². The van der Waals surface area contributed by atoms with E-state index in [1.54, 1.807) is 31.2 Å². The van der Waals surface area contributed by atoms with Crippen LogP contribution in [0, 0.1) is 0 Å². The standard InChI is InChI=1S/C14H22ClN3O3S/c1-11(14(19)16-9-10-17(2)3)18(22(4,20)21)13-7-5-12(15)6-8-13/h5-8,11H,9-10H2,1-4H3,(H,16,19). The van der Waals surface area contributed by atoms with Gasteiger partial charge in [-0.2, -0.15) is 0 Å². The molecule has 0 aliphatic carbocycles. The Morgan fingerprint density at radius 1 is 1.27 bits per heavy atom. The Labute approximate surface area is 137 Å². The molecule has 0 aliphatic heterocycles. The number of nitrogens with one attached hydrogen (secondary N) is 1. The Morgan fingerprint density at radius 3 is 2.27 bits per heavy atom. The number of halogens is 1. The van der Waals surface area contributed by atoms with Crippen molar-refractivity contribution in [3.8, 4) is 0 Å². The number of rotatable bonds is 7. The monoisotopic (exact) mass is 347 g/mol. The van der Waals surface area contributed by atoms with Crippen molar-refractivity contribution in [1.29, 1.82) is 0 Å². The number of nitrogens with zero attached hydrogens (tertiary/aromatic N) is 2. The van der Waals surface area contributed by atoms with Crippen molar-refractivity contribution in [3.05, 3.63) is 29.3 Å². The third-order valence-corrected chi connectivity index (χ3v) is 4.52. The first-order valence-corrected chi connectivity index (χ1v) is 9.03. The van der Waals surface area contributed by atoms with Crippen LogP contribution in [0.4, 0.5) is 5.69 Å². The van der Waals surface area contributed by atoms with Crippen LogP contribution in [-0.2, 0) is 14.8 Å². The minimum atomic E-state index is -3.60. The Morgan fingerprint density at radius 2 is 1.82 bits per heavy atom. The molecule has 0 fully saturated rings. The topological polar surface area (TPSA) is 69.7 Å². The second-order valence-electron chi connectivity index (χ2n) is 5.31. The van der Waals surface area contributed by atoms with Gasteiger partial charge < -0.3 is 10.2 Å². The first-order valence-electron chi connectivity index (χ1n) is 6.80. The molecule has 8 heteroatoms. The number of anilines is 1. The number of hydrogen-bond donors (Lipinski definition) is 1. The number of sulfonamides is 1. The molecule has 124 valence electrons. The summed E-state index contributed by atoms with van der Waals surface area (Å²) in [6.45, 7) is 2.69. The highest BCUT2D eigenvalue weighted by atomic mass is 35.5. The predicted octanol–water partition coefficient (Wildman–Crippen LogP) is 1.17. The first-order chi connectivity index (χ1) is 10.1. The van der Waals surface area contributed by atoms with Gasteiger partial charge in [0.05, 0.1) is 11.9 Å². The molecule has 6 nitrogen and oxygen atoms in total. The van der Waals surface area contributed by atoms with Crippen LogP contribution >= 0.6 is 11.6 Å². The lowest BCUT2D eigenvalue weighted by Crippen LogP contribution is -2.48. The van der Waals surface area contributed by atoms with Crippen LogP contribution < -0.4 is 9.62 Å². The molecule has 0 bridgehead atoms.